The summed E-state index contributed by atoms with van der Waals surface area (Å²) in [5, 5.41) is 3.37. The topological polar surface area (TPSA) is 29.9 Å². The van der Waals surface area contributed by atoms with Gasteiger partial charge in [0.25, 0.3) is 0 Å². The molecule has 1 N–H and O–H groups in total. The van der Waals surface area contributed by atoms with Gasteiger partial charge in [-0.05, 0) is 44.5 Å². The van der Waals surface area contributed by atoms with Gasteiger partial charge in [0, 0.05) is 13.0 Å². The van der Waals surface area contributed by atoms with E-state index >= 15 is 0 Å². The number of imidazole rings is 1. The maximum Gasteiger partial charge on any atom is 0.109 e. The summed E-state index contributed by atoms with van der Waals surface area (Å²) in [4.78, 5) is 4.79. The largest absolute Gasteiger partial charge is 0.328 e. The zero-order valence-electron chi connectivity index (χ0n) is 12.2. The van der Waals surface area contributed by atoms with Crippen LogP contribution in [0, 0.1) is 0 Å². The molecule has 0 atom stereocenters. The number of hydrogen-bond donors (Lipinski definition) is 1. The lowest BCUT2D eigenvalue weighted by molar-refractivity contribution is 0.601. The second kappa shape index (κ2) is 7.29. The molecule has 0 radical (unpaired) electrons. The molecule has 1 heterocycles. The zero-order valence-corrected chi connectivity index (χ0v) is 12.2. The number of unbranched alkanes of at least 4 members (excludes halogenated alkanes) is 1. The molecule has 0 unspecified atom stereocenters. The smallest absolute Gasteiger partial charge is 0.109 e. The maximum atomic E-state index is 4.79. The Morgan fingerprint density at radius 1 is 1.16 bits per heavy atom. The van der Waals surface area contributed by atoms with Gasteiger partial charge in [0.15, 0.2) is 0 Å². The maximum absolute atomic E-state index is 4.79. The van der Waals surface area contributed by atoms with Crippen molar-refractivity contribution >= 4 is 11.0 Å². The summed E-state index contributed by atoms with van der Waals surface area (Å²) in [6.07, 6.45) is 4.67. The minimum Gasteiger partial charge on any atom is -0.328 e. The predicted octanol–water partition coefficient (Wildman–Crippen LogP) is 3.38. The molecule has 3 heteroatoms. The van der Waals surface area contributed by atoms with Gasteiger partial charge >= 0.3 is 0 Å². The molecule has 0 saturated heterocycles. The van der Waals surface area contributed by atoms with Gasteiger partial charge in [0.2, 0.25) is 0 Å². The minimum atomic E-state index is 1.06. The van der Waals surface area contributed by atoms with Crippen molar-refractivity contribution in [3.8, 4) is 0 Å². The van der Waals surface area contributed by atoms with Crippen LogP contribution in [-0.2, 0) is 13.0 Å². The number of nitrogens with one attached hydrogen (secondary N) is 1. The van der Waals surface area contributed by atoms with Crippen LogP contribution in [-0.4, -0.2) is 22.6 Å². The number of hydrogen-bond acceptors (Lipinski definition) is 2. The van der Waals surface area contributed by atoms with Gasteiger partial charge in [-0.25, -0.2) is 4.98 Å². The molecule has 2 aromatic rings. The monoisotopic (exact) mass is 259 g/mol. The van der Waals surface area contributed by atoms with Crippen LogP contribution in [0.25, 0.3) is 11.0 Å². The molecule has 104 valence electrons. The zero-order chi connectivity index (χ0) is 13.5. The molecule has 0 fully saturated rings. The fourth-order valence-corrected chi connectivity index (χ4v) is 2.50. The van der Waals surface area contributed by atoms with Gasteiger partial charge < -0.3 is 9.88 Å². The Bertz CT molecular complexity index is 502. The van der Waals surface area contributed by atoms with Crippen LogP contribution in [0.3, 0.4) is 0 Å². The van der Waals surface area contributed by atoms with Gasteiger partial charge in [-0.2, -0.15) is 0 Å². The van der Waals surface area contributed by atoms with Crippen molar-refractivity contribution in [1.29, 1.82) is 0 Å². The summed E-state index contributed by atoms with van der Waals surface area (Å²) in [6.45, 7) is 7.63. The van der Waals surface area contributed by atoms with Crippen molar-refractivity contribution in [2.45, 2.75) is 46.1 Å². The molecular formula is C16H25N3. The Labute approximate surface area is 116 Å². The molecule has 0 bridgehead atoms. The van der Waals surface area contributed by atoms with Crippen LogP contribution < -0.4 is 5.32 Å². The van der Waals surface area contributed by atoms with Crippen molar-refractivity contribution in [2.24, 2.45) is 0 Å². The van der Waals surface area contributed by atoms with Crippen molar-refractivity contribution in [3.63, 3.8) is 0 Å². The van der Waals surface area contributed by atoms with Crippen LogP contribution in [0.2, 0.25) is 0 Å². The van der Waals surface area contributed by atoms with Crippen LogP contribution in [0.15, 0.2) is 24.3 Å². The second-order valence-corrected chi connectivity index (χ2v) is 4.98. The lowest BCUT2D eigenvalue weighted by Gasteiger charge is -2.07. The minimum absolute atomic E-state index is 1.06. The number of nitrogens with zero attached hydrogens (tertiary/aromatic N) is 2. The summed E-state index contributed by atoms with van der Waals surface area (Å²) in [7, 11) is 0. The quantitative estimate of drug-likeness (QED) is 0.737. The van der Waals surface area contributed by atoms with Crippen molar-refractivity contribution in [1.82, 2.24) is 14.9 Å². The molecule has 3 nitrogen and oxygen atoms in total. The molecule has 0 aliphatic carbocycles. The predicted molar refractivity (Wildman–Crippen MR) is 81.5 cm³/mol. The third-order valence-electron chi connectivity index (χ3n) is 3.43. The van der Waals surface area contributed by atoms with Crippen LogP contribution >= 0.6 is 0 Å². The first-order chi connectivity index (χ1) is 9.36. The Morgan fingerprint density at radius 2 is 2.00 bits per heavy atom. The van der Waals surface area contributed by atoms with Crippen molar-refractivity contribution in [3.05, 3.63) is 30.1 Å². The van der Waals surface area contributed by atoms with E-state index in [-0.39, 0.29) is 0 Å². The third kappa shape index (κ3) is 3.57. The SMILES string of the molecule is CCCn1c(CCCCNCC)nc2ccccc21. The summed E-state index contributed by atoms with van der Waals surface area (Å²) in [5.74, 6) is 1.25. The van der Waals surface area contributed by atoms with Crippen molar-refractivity contribution in [2.75, 3.05) is 13.1 Å². The van der Waals surface area contributed by atoms with E-state index < -0.39 is 0 Å². The molecule has 0 saturated carbocycles. The summed E-state index contributed by atoms with van der Waals surface area (Å²) in [6, 6.07) is 8.47. The number of benzene rings is 1. The number of aryl methyl sites for hydroxylation is 2. The Kier molecular flexibility index (Phi) is 5.40. The van der Waals surface area contributed by atoms with Gasteiger partial charge in [-0.15, -0.1) is 0 Å². The lowest BCUT2D eigenvalue weighted by Crippen LogP contribution is -2.14. The van der Waals surface area contributed by atoms with E-state index in [1.165, 1.54) is 24.2 Å². The fraction of sp³-hybridized carbons (Fsp3) is 0.562. The number of aromatic nitrogens is 2. The van der Waals surface area contributed by atoms with Crippen LogP contribution in [0.5, 0.6) is 0 Å². The first kappa shape index (κ1) is 14.1. The summed E-state index contributed by atoms with van der Waals surface area (Å²) < 4.78 is 2.39. The highest BCUT2D eigenvalue weighted by Gasteiger charge is 2.08. The number of para-hydroxylation sites is 2. The Morgan fingerprint density at radius 3 is 2.79 bits per heavy atom. The highest BCUT2D eigenvalue weighted by atomic mass is 15.1. The van der Waals surface area contributed by atoms with E-state index in [1.807, 2.05) is 0 Å². The molecule has 0 aliphatic rings. The van der Waals surface area contributed by atoms with E-state index in [4.69, 9.17) is 4.98 Å². The van der Waals surface area contributed by atoms with E-state index in [2.05, 4.69) is 48.0 Å². The molecule has 0 aliphatic heterocycles. The summed E-state index contributed by atoms with van der Waals surface area (Å²) >= 11 is 0. The molecular weight excluding hydrogens is 234 g/mol. The number of fused-ring (bicyclic) bond motifs is 1. The average Bonchev–Trinajstić information content (AvgIpc) is 2.78. The normalized spacial score (nSPS) is 11.3. The van der Waals surface area contributed by atoms with Gasteiger partial charge in [0.05, 0.1) is 11.0 Å². The van der Waals surface area contributed by atoms with Gasteiger partial charge in [-0.1, -0.05) is 26.0 Å². The highest BCUT2D eigenvalue weighted by Crippen LogP contribution is 2.17. The van der Waals surface area contributed by atoms with E-state index in [0.29, 0.717) is 0 Å². The molecule has 0 spiro atoms. The van der Waals surface area contributed by atoms with Gasteiger partial charge in [-0.3, -0.25) is 0 Å². The Balaban J connectivity index is 2.06. The van der Waals surface area contributed by atoms with E-state index in [9.17, 15) is 0 Å². The first-order valence-electron chi connectivity index (χ1n) is 7.51. The lowest BCUT2D eigenvalue weighted by atomic mass is 10.2. The summed E-state index contributed by atoms with van der Waals surface area (Å²) in [5.41, 5.74) is 2.42. The highest BCUT2D eigenvalue weighted by molar-refractivity contribution is 5.75. The van der Waals surface area contributed by atoms with E-state index in [1.54, 1.807) is 0 Å². The molecule has 19 heavy (non-hydrogen) atoms. The van der Waals surface area contributed by atoms with Crippen LogP contribution in [0.1, 0.15) is 38.9 Å². The molecule has 1 aromatic carbocycles. The van der Waals surface area contributed by atoms with Crippen LogP contribution in [0.4, 0.5) is 0 Å². The number of rotatable bonds is 8. The molecule has 1 aromatic heterocycles. The van der Waals surface area contributed by atoms with Crippen molar-refractivity contribution < 1.29 is 0 Å². The fourth-order valence-electron chi connectivity index (χ4n) is 2.50. The van der Waals surface area contributed by atoms with Gasteiger partial charge in [0.1, 0.15) is 5.82 Å². The molecule has 0 amide bonds. The Hall–Kier alpha value is -1.35. The third-order valence-corrected chi connectivity index (χ3v) is 3.43. The molecule has 2 rings (SSSR count). The first-order valence-corrected chi connectivity index (χ1v) is 7.51. The average molecular weight is 259 g/mol. The second-order valence-electron chi connectivity index (χ2n) is 4.98. The standard InChI is InChI=1S/C16H25N3/c1-3-13-19-15-10-6-5-9-14(15)18-16(19)11-7-8-12-17-4-2/h5-6,9-10,17H,3-4,7-8,11-13H2,1-2H3. The van der Waals surface area contributed by atoms with E-state index in [0.717, 1.165) is 38.0 Å².